The van der Waals surface area contributed by atoms with Crippen LogP contribution >= 0.6 is 0 Å². The second-order valence-corrected chi connectivity index (χ2v) is 6.66. The second kappa shape index (κ2) is 7.25. The van der Waals surface area contributed by atoms with E-state index in [2.05, 4.69) is 21.7 Å². The summed E-state index contributed by atoms with van der Waals surface area (Å²) in [6.07, 6.45) is 3.62. The fourth-order valence-corrected chi connectivity index (χ4v) is 3.25. The van der Waals surface area contributed by atoms with E-state index in [1.807, 2.05) is 4.90 Å². The minimum atomic E-state index is -0.321. The van der Waals surface area contributed by atoms with E-state index in [0.29, 0.717) is 19.6 Å². The van der Waals surface area contributed by atoms with Crippen molar-refractivity contribution < 1.29 is 9.18 Å². The van der Waals surface area contributed by atoms with Gasteiger partial charge in [0, 0.05) is 26.2 Å². The average Bonchev–Trinajstić information content (AvgIpc) is 2.58. The van der Waals surface area contributed by atoms with Crippen LogP contribution < -0.4 is 4.90 Å². The topological polar surface area (TPSA) is 39.7 Å². The van der Waals surface area contributed by atoms with Crippen LogP contribution in [-0.2, 0) is 4.79 Å². The molecule has 0 aliphatic carbocycles. The number of nitrogens with zero attached hydrogens (tertiary/aromatic N) is 4. The highest BCUT2D eigenvalue weighted by Crippen LogP contribution is 2.17. The number of amides is 1. The second-order valence-electron chi connectivity index (χ2n) is 6.66. The molecule has 0 aromatic carbocycles. The van der Waals surface area contributed by atoms with Gasteiger partial charge in [0.2, 0.25) is 5.91 Å². The molecule has 3 heterocycles. The minimum absolute atomic E-state index is 0.228. The Kier molecular flexibility index (Phi) is 5.10. The van der Waals surface area contributed by atoms with Crippen molar-refractivity contribution in [1.82, 2.24) is 14.8 Å². The summed E-state index contributed by atoms with van der Waals surface area (Å²) < 4.78 is 12.9. The highest BCUT2D eigenvalue weighted by Gasteiger charge is 2.24. The van der Waals surface area contributed by atoms with Gasteiger partial charge in [0.25, 0.3) is 0 Å². The Morgan fingerprint density at radius 1 is 1.17 bits per heavy atom. The van der Waals surface area contributed by atoms with Crippen molar-refractivity contribution in [3.8, 4) is 0 Å². The molecule has 6 heteroatoms. The van der Waals surface area contributed by atoms with Gasteiger partial charge in [0.15, 0.2) is 0 Å². The van der Waals surface area contributed by atoms with Gasteiger partial charge in [-0.05, 0) is 44.0 Å². The monoisotopic (exact) mass is 320 g/mol. The van der Waals surface area contributed by atoms with Gasteiger partial charge in [-0.2, -0.15) is 0 Å². The number of halogens is 1. The molecule has 1 aromatic heterocycles. The first kappa shape index (κ1) is 16.2. The molecule has 2 aliphatic heterocycles. The van der Waals surface area contributed by atoms with E-state index >= 15 is 0 Å². The summed E-state index contributed by atoms with van der Waals surface area (Å²) in [4.78, 5) is 22.9. The SMILES string of the molecule is CC1CCN(CC(=O)N2CCN(c3ccc(F)cn3)CC2)CC1. The van der Waals surface area contributed by atoms with Gasteiger partial charge >= 0.3 is 0 Å². The number of hydrogen-bond acceptors (Lipinski definition) is 4. The Bertz CT molecular complexity index is 520. The van der Waals surface area contributed by atoms with Gasteiger partial charge in [-0.15, -0.1) is 0 Å². The molecule has 0 atom stereocenters. The fourth-order valence-electron chi connectivity index (χ4n) is 3.25. The van der Waals surface area contributed by atoms with E-state index < -0.39 is 0 Å². The zero-order valence-corrected chi connectivity index (χ0v) is 13.7. The van der Waals surface area contributed by atoms with Crippen LogP contribution in [0.4, 0.5) is 10.2 Å². The van der Waals surface area contributed by atoms with Gasteiger partial charge in [-0.3, -0.25) is 9.69 Å². The number of aromatic nitrogens is 1. The van der Waals surface area contributed by atoms with Crippen molar-refractivity contribution >= 4 is 11.7 Å². The standard InChI is InChI=1S/C17H25FN4O/c1-14-4-6-20(7-5-14)13-17(23)22-10-8-21(9-11-22)16-3-2-15(18)12-19-16/h2-3,12,14H,4-11,13H2,1H3. The lowest BCUT2D eigenvalue weighted by Crippen LogP contribution is -2.52. The van der Waals surface area contributed by atoms with E-state index in [9.17, 15) is 9.18 Å². The average molecular weight is 320 g/mol. The van der Waals surface area contributed by atoms with Crippen molar-refractivity contribution in [3.05, 3.63) is 24.1 Å². The molecule has 2 saturated heterocycles. The minimum Gasteiger partial charge on any atom is -0.353 e. The molecule has 23 heavy (non-hydrogen) atoms. The maximum absolute atomic E-state index is 12.9. The Morgan fingerprint density at radius 3 is 2.48 bits per heavy atom. The molecule has 0 bridgehead atoms. The number of rotatable bonds is 3. The largest absolute Gasteiger partial charge is 0.353 e. The Morgan fingerprint density at radius 2 is 1.87 bits per heavy atom. The molecule has 1 aromatic rings. The number of carbonyl (C=O) groups excluding carboxylic acids is 1. The lowest BCUT2D eigenvalue weighted by Gasteiger charge is -2.37. The molecule has 1 amide bonds. The number of pyridine rings is 1. The fraction of sp³-hybridized carbons (Fsp3) is 0.647. The van der Waals surface area contributed by atoms with Crippen LogP contribution in [0.2, 0.25) is 0 Å². The lowest BCUT2D eigenvalue weighted by atomic mass is 9.99. The molecule has 2 aliphatic rings. The number of piperazine rings is 1. The number of anilines is 1. The quantitative estimate of drug-likeness (QED) is 0.848. The molecule has 0 radical (unpaired) electrons. The zero-order valence-electron chi connectivity index (χ0n) is 13.7. The van der Waals surface area contributed by atoms with Gasteiger partial charge in [0.1, 0.15) is 11.6 Å². The van der Waals surface area contributed by atoms with E-state index in [0.717, 1.165) is 37.9 Å². The van der Waals surface area contributed by atoms with Crippen molar-refractivity contribution in [3.63, 3.8) is 0 Å². The van der Waals surface area contributed by atoms with Crippen LogP contribution in [-0.4, -0.2) is 66.5 Å². The molecular formula is C17H25FN4O. The lowest BCUT2D eigenvalue weighted by molar-refractivity contribution is -0.133. The normalized spacial score (nSPS) is 20.8. The maximum atomic E-state index is 12.9. The molecular weight excluding hydrogens is 295 g/mol. The van der Waals surface area contributed by atoms with Crippen LogP contribution in [0.15, 0.2) is 18.3 Å². The molecule has 0 N–H and O–H groups in total. The Balaban J connectivity index is 1.46. The summed E-state index contributed by atoms with van der Waals surface area (Å²) in [6, 6.07) is 3.12. The molecule has 0 spiro atoms. The summed E-state index contributed by atoms with van der Waals surface area (Å²) in [5.41, 5.74) is 0. The van der Waals surface area contributed by atoms with Crippen LogP contribution in [0.3, 0.4) is 0 Å². The molecule has 3 rings (SSSR count). The first-order chi connectivity index (χ1) is 11.1. The van der Waals surface area contributed by atoms with Crippen molar-refractivity contribution in [2.75, 3.05) is 50.7 Å². The number of likely N-dealkylation sites (tertiary alicyclic amines) is 1. The molecule has 0 unspecified atom stereocenters. The van der Waals surface area contributed by atoms with Gasteiger partial charge < -0.3 is 9.80 Å². The van der Waals surface area contributed by atoms with E-state index in [1.54, 1.807) is 6.07 Å². The number of hydrogen-bond donors (Lipinski definition) is 0. The van der Waals surface area contributed by atoms with Crippen LogP contribution in [0.25, 0.3) is 0 Å². The third-order valence-electron chi connectivity index (χ3n) is 4.90. The number of piperidine rings is 1. The van der Waals surface area contributed by atoms with Crippen molar-refractivity contribution in [2.45, 2.75) is 19.8 Å². The van der Waals surface area contributed by atoms with E-state index in [-0.39, 0.29) is 11.7 Å². The van der Waals surface area contributed by atoms with Crippen molar-refractivity contribution in [1.29, 1.82) is 0 Å². The Hall–Kier alpha value is -1.69. The van der Waals surface area contributed by atoms with E-state index in [1.165, 1.54) is 25.1 Å². The van der Waals surface area contributed by atoms with Gasteiger partial charge in [-0.25, -0.2) is 9.37 Å². The van der Waals surface area contributed by atoms with Crippen molar-refractivity contribution in [2.24, 2.45) is 5.92 Å². The molecule has 0 saturated carbocycles. The van der Waals surface area contributed by atoms with Crippen LogP contribution in [0.5, 0.6) is 0 Å². The van der Waals surface area contributed by atoms with E-state index in [4.69, 9.17) is 0 Å². The predicted molar refractivity (Wildman–Crippen MR) is 87.8 cm³/mol. The third-order valence-corrected chi connectivity index (χ3v) is 4.90. The van der Waals surface area contributed by atoms with Crippen LogP contribution in [0.1, 0.15) is 19.8 Å². The first-order valence-electron chi connectivity index (χ1n) is 8.48. The highest BCUT2D eigenvalue weighted by molar-refractivity contribution is 5.78. The maximum Gasteiger partial charge on any atom is 0.236 e. The predicted octanol–water partition coefficient (Wildman–Crippen LogP) is 1.60. The summed E-state index contributed by atoms with van der Waals surface area (Å²) in [5.74, 6) is 1.47. The summed E-state index contributed by atoms with van der Waals surface area (Å²) in [5, 5.41) is 0. The summed E-state index contributed by atoms with van der Waals surface area (Å²) in [6.45, 7) is 7.81. The summed E-state index contributed by atoms with van der Waals surface area (Å²) in [7, 11) is 0. The number of carbonyl (C=O) groups is 1. The third kappa shape index (κ3) is 4.19. The Labute approximate surface area is 137 Å². The molecule has 2 fully saturated rings. The first-order valence-corrected chi connectivity index (χ1v) is 8.48. The van der Waals surface area contributed by atoms with Gasteiger partial charge in [0.05, 0.1) is 12.7 Å². The molecule has 5 nitrogen and oxygen atoms in total. The van der Waals surface area contributed by atoms with Gasteiger partial charge in [-0.1, -0.05) is 6.92 Å². The smallest absolute Gasteiger partial charge is 0.236 e. The summed E-state index contributed by atoms with van der Waals surface area (Å²) >= 11 is 0. The van der Waals surface area contributed by atoms with Crippen LogP contribution in [0, 0.1) is 11.7 Å². The highest BCUT2D eigenvalue weighted by atomic mass is 19.1. The molecule has 126 valence electrons. The zero-order chi connectivity index (χ0) is 16.2.